The summed E-state index contributed by atoms with van der Waals surface area (Å²) in [7, 11) is 0. The first-order valence-corrected chi connectivity index (χ1v) is 20.0. The van der Waals surface area contributed by atoms with E-state index in [4.69, 9.17) is 0 Å². The Labute approximate surface area is 345 Å². The van der Waals surface area contributed by atoms with Gasteiger partial charge in [0.2, 0.25) is 0 Å². The van der Waals surface area contributed by atoms with Crippen LogP contribution in [0.1, 0.15) is 33.4 Å². The maximum Gasteiger partial charge on any atom is 0.417 e. The third-order valence-corrected chi connectivity index (χ3v) is 11.7. The number of halogens is 3. The monoisotopic (exact) mass is 785 g/mol. The molecule has 10 rings (SSSR count). The van der Waals surface area contributed by atoms with E-state index in [-0.39, 0.29) is 11.1 Å². The summed E-state index contributed by atoms with van der Waals surface area (Å²) < 4.78 is 51.3. The molecule has 0 amide bonds. The van der Waals surface area contributed by atoms with Crippen molar-refractivity contribution in [1.29, 1.82) is 5.26 Å². The number of para-hydroxylation sites is 2. The highest BCUT2D eigenvalue weighted by Crippen LogP contribution is 2.46. The van der Waals surface area contributed by atoms with E-state index in [1.807, 2.05) is 47.0 Å². The topological polar surface area (TPSA) is 33.6 Å². The average Bonchev–Trinajstić information content (AvgIpc) is 3.74. The second kappa shape index (κ2) is 13.9. The summed E-state index contributed by atoms with van der Waals surface area (Å²) in [5.41, 5.74) is 12.7. The van der Waals surface area contributed by atoms with Crippen molar-refractivity contribution in [1.82, 2.24) is 9.13 Å². The summed E-state index contributed by atoms with van der Waals surface area (Å²) in [6.07, 6.45) is -4.73. The zero-order valence-corrected chi connectivity index (χ0v) is 33.5. The first kappa shape index (κ1) is 36.9. The van der Waals surface area contributed by atoms with Crippen molar-refractivity contribution in [3.8, 4) is 50.8 Å². The van der Waals surface area contributed by atoms with Gasteiger partial charge in [0.1, 0.15) is 0 Å². The molecule has 0 aliphatic carbocycles. The van der Waals surface area contributed by atoms with E-state index in [1.54, 1.807) is 24.3 Å². The Bertz CT molecular complexity index is 3390. The summed E-state index contributed by atoms with van der Waals surface area (Å²) in [6.45, 7) is 8.31. The van der Waals surface area contributed by atoms with Crippen molar-refractivity contribution in [3.63, 3.8) is 0 Å². The molecule has 10 aromatic rings. The van der Waals surface area contributed by atoms with Crippen LogP contribution < -0.4 is 0 Å². The molecule has 0 saturated carbocycles. The highest BCUT2D eigenvalue weighted by Gasteiger charge is 2.36. The molecular formula is C54H38F3N3. The van der Waals surface area contributed by atoms with E-state index in [0.717, 1.165) is 88.1 Å². The summed E-state index contributed by atoms with van der Waals surface area (Å²) in [5.74, 6) is 0. The van der Waals surface area contributed by atoms with Crippen molar-refractivity contribution in [2.45, 2.75) is 33.9 Å². The van der Waals surface area contributed by atoms with E-state index >= 15 is 13.2 Å². The minimum Gasteiger partial charge on any atom is -0.307 e. The molecule has 60 heavy (non-hydrogen) atoms. The molecule has 290 valence electrons. The summed E-state index contributed by atoms with van der Waals surface area (Å²) in [5, 5.41) is 13.7. The molecule has 0 N–H and O–H groups in total. The van der Waals surface area contributed by atoms with E-state index in [0.29, 0.717) is 16.9 Å². The Morgan fingerprint density at radius 3 is 1.37 bits per heavy atom. The molecule has 0 bridgehead atoms. The third-order valence-electron chi connectivity index (χ3n) is 11.7. The number of nitriles is 1. The van der Waals surface area contributed by atoms with Crippen molar-refractivity contribution >= 4 is 43.6 Å². The highest BCUT2D eigenvalue weighted by atomic mass is 19.4. The van der Waals surface area contributed by atoms with Crippen LogP contribution in [0.15, 0.2) is 158 Å². The first-order chi connectivity index (χ1) is 28.9. The number of rotatable bonds is 5. The Balaban J connectivity index is 1.38. The standard InChI is InChI=1S/C54H38F3N3/c1-32-20-33(2)23-40(22-32)37-16-18-44-42-12-5-7-14-48(42)59(50(44)27-37)52-29-46(39-11-9-10-36(26-39)31-58)47(54(55,56)57)30-53(52)60-49-15-8-6-13-43(49)45-19-17-38(28-51(45)60)41-24-34(3)21-35(4)25-41/h5-30H,1-4H3. The zero-order chi connectivity index (χ0) is 41.4. The molecule has 2 heterocycles. The van der Waals surface area contributed by atoms with Crippen LogP contribution in [-0.2, 0) is 6.18 Å². The van der Waals surface area contributed by atoms with Gasteiger partial charge in [-0.15, -0.1) is 0 Å². The summed E-state index contributed by atoms with van der Waals surface area (Å²) >= 11 is 0. The number of hydrogen-bond acceptors (Lipinski definition) is 1. The van der Waals surface area contributed by atoms with Gasteiger partial charge >= 0.3 is 6.18 Å². The lowest BCUT2D eigenvalue weighted by Gasteiger charge is -2.22. The minimum absolute atomic E-state index is 0.00793. The van der Waals surface area contributed by atoms with Gasteiger partial charge in [-0.2, -0.15) is 18.4 Å². The third kappa shape index (κ3) is 6.13. The van der Waals surface area contributed by atoms with Gasteiger partial charge in [-0.1, -0.05) is 131 Å². The number of benzene rings is 8. The van der Waals surface area contributed by atoms with Crippen molar-refractivity contribution < 1.29 is 13.2 Å². The van der Waals surface area contributed by atoms with Gasteiger partial charge in [-0.05, 0) is 110 Å². The van der Waals surface area contributed by atoms with Crippen LogP contribution in [0.5, 0.6) is 0 Å². The van der Waals surface area contributed by atoms with Crippen LogP contribution in [0.25, 0.3) is 88.4 Å². The van der Waals surface area contributed by atoms with E-state index in [2.05, 4.69) is 117 Å². The van der Waals surface area contributed by atoms with Gasteiger partial charge in [-0.3, -0.25) is 0 Å². The molecular weight excluding hydrogens is 748 g/mol. The fourth-order valence-corrected chi connectivity index (χ4v) is 9.27. The van der Waals surface area contributed by atoms with Gasteiger partial charge in [-0.25, -0.2) is 0 Å². The van der Waals surface area contributed by atoms with Gasteiger partial charge in [0.05, 0.1) is 50.6 Å². The normalized spacial score (nSPS) is 11.9. The average molecular weight is 786 g/mol. The van der Waals surface area contributed by atoms with Crippen LogP contribution in [0, 0.1) is 39.0 Å². The lowest BCUT2D eigenvalue weighted by Crippen LogP contribution is -2.12. The molecule has 0 spiro atoms. The van der Waals surface area contributed by atoms with Crippen LogP contribution in [0.4, 0.5) is 13.2 Å². The Morgan fingerprint density at radius 1 is 0.417 bits per heavy atom. The van der Waals surface area contributed by atoms with Gasteiger partial charge in [0, 0.05) is 21.5 Å². The summed E-state index contributed by atoms with van der Waals surface area (Å²) in [4.78, 5) is 0. The van der Waals surface area contributed by atoms with Gasteiger partial charge < -0.3 is 9.13 Å². The number of nitrogens with zero attached hydrogens (tertiary/aromatic N) is 3. The number of aryl methyl sites for hydroxylation is 4. The Hall–Kier alpha value is -7.36. The number of aromatic nitrogens is 2. The molecule has 8 aromatic carbocycles. The van der Waals surface area contributed by atoms with Crippen molar-refractivity contribution in [3.05, 3.63) is 191 Å². The molecule has 0 radical (unpaired) electrons. The second-order valence-electron chi connectivity index (χ2n) is 16.0. The second-order valence-corrected chi connectivity index (χ2v) is 16.0. The van der Waals surface area contributed by atoms with Gasteiger partial charge in [0.15, 0.2) is 0 Å². The van der Waals surface area contributed by atoms with E-state index < -0.39 is 11.7 Å². The highest BCUT2D eigenvalue weighted by molar-refractivity contribution is 6.13. The van der Waals surface area contributed by atoms with Gasteiger partial charge in [0.25, 0.3) is 0 Å². The SMILES string of the molecule is Cc1cc(C)cc(-c2ccc3c4ccccc4n(-c4cc(-c5cccc(C#N)c5)c(C(F)(F)F)cc4-n4c5ccccc5c5ccc(-c6cc(C)cc(C)c6)cc54)c3c2)c1. The smallest absolute Gasteiger partial charge is 0.307 e. The fourth-order valence-electron chi connectivity index (χ4n) is 9.27. The quantitative estimate of drug-likeness (QED) is 0.171. The van der Waals surface area contributed by atoms with Crippen LogP contribution in [0.3, 0.4) is 0 Å². The number of alkyl halides is 3. The molecule has 3 nitrogen and oxygen atoms in total. The van der Waals surface area contributed by atoms with E-state index in [1.165, 1.54) is 12.1 Å². The molecule has 0 aliphatic heterocycles. The van der Waals surface area contributed by atoms with E-state index in [9.17, 15) is 5.26 Å². The maximum absolute atomic E-state index is 15.7. The lowest BCUT2D eigenvalue weighted by atomic mass is 9.95. The van der Waals surface area contributed by atoms with Crippen LogP contribution >= 0.6 is 0 Å². The minimum atomic E-state index is -4.73. The Kier molecular flexibility index (Phi) is 8.55. The molecule has 0 saturated heterocycles. The number of hydrogen-bond donors (Lipinski definition) is 0. The first-order valence-electron chi connectivity index (χ1n) is 20.0. The van der Waals surface area contributed by atoms with Crippen molar-refractivity contribution in [2.24, 2.45) is 0 Å². The largest absolute Gasteiger partial charge is 0.417 e. The predicted molar refractivity (Wildman–Crippen MR) is 240 cm³/mol. The zero-order valence-electron chi connectivity index (χ0n) is 33.5. The fraction of sp³-hybridized carbons (Fsp3) is 0.0926. The molecule has 0 fully saturated rings. The number of fused-ring (bicyclic) bond motifs is 6. The Morgan fingerprint density at radius 2 is 0.883 bits per heavy atom. The molecule has 0 aliphatic rings. The lowest BCUT2D eigenvalue weighted by molar-refractivity contribution is -0.137. The maximum atomic E-state index is 15.7. The molecule has 0 atom stereocenters. The predicted octanol–water partition coefficient (Wildman–Crippen LogP) is 15.0. The molecule has 2 aromatic heterocycles. The summed E-state index contributed by atoms with van der Waals surface area (Å²) in [6, 6.07) is 53.1. The molecule has 0 unspecified atom stereocenters. The van der Waals surface area contributed by atoms with Crippen LogP contribution in [0.2, 0.25) is 0 Å². The van der Waals surface area contributed by atoms with Crippen molar-refractivity contribution in [2.75, 3.05) is 0 Å². The van der Waals surface area contributed by atoms with Crippen LogP contribution in [-0.4, -0.2) is 9.13 Å². The molecule has 6 heteroatoms.